The zero-order chi connectivity index (χ0) is 19.0. The maximum atomic E-state index is 12.5. The molecule has 8 heteroatoms. The van der Waals surface area contributed by atoms with Gasteiger partial charge in [-0.2, -0.15) is 5.10 Å². The number of rotatable bonds is 3. The summed E-state index contributed by atoms with van der Waals surface area (Å²) in [5.41, 5.74) is 2.73. The number of halogens is 3. The first-order chi connectivity index (χ1) is 13.0. The Balaban J connectivity index is 1.50. The van der Waals surface area contributed by atoms with Crippen molar-refractivity contribution >= 4 is 46.4 Å². The molecule has 1 atom stereocenters. The van der Waals surface area contributed by atoms with Gasteiger partial charge >= 0.3 is 0 Å². The second-order valence-corrected chi connectivity index (χ2v) is 7.39. The number of hydrogen-bond acceptors (Lipinski definition) is 3. The quantitative estimate of drug-likeness (QED) is 0.617. The van der Waals surface area contributed by atoms with E-state index in [4.69, 9.17) is 39.5 Å². The van der Waals surface area contributed by atoms with Crippen LogP contribution in [-0.4, -0.2) is 15.7 Å². The van der Waals surface area contributed by atoms with Crippen LogP contribution in [0.25, 0.3) is 0 Å². The highest BCUT2D eigenvalue weighted by Gasteiger charge is 2.24. The Bertz CT molecular complexity index is 1000. The molecule has 0 aliphatic carbocycles. The molecular formula is C19H14Cl3N3O2. The average Bonchev–Trinajstić information content (AvgIpc) is 3.09. The first-order valence-corrected chi connectivity index (χ1v) is 9.33. The lowest BCUT2D eigenvalue weighted by atomic mass is 10.1. The number of nitrogens with zero attached hydrogens (tertiary/aromatic N) is 2. The summed E-state index contributed by atoms with van der Waals surface area (Å²) in [6.07, 6.45) is -0.138. The van der Waals surface area contributed by atoms with Crippen molar-refractivity contribution in [3.05, 3.63) is 80.6 Å². The third kappa shape index (κ3) is 3.96. The Labute approximate surface area is 170 Å². The maximum Gasteiger partial charge on any atom is 0.276 e. The molecule has 0 bridgehead atoms. The predicted molar refractivity (Wildman–Crippen MR) is 106 cm³/mol. The minimum Gasteiger partial charge on any atom is -0.365 e. The van der Waals surface area contributed by atoms with Crippen LogP contribution in [0.2, 0.25) is 15.1 Å². The molecule has 0 saturated heterocycles. The van der Waals surface area contributed by atoms with E-state index in [0.717, 1.165) is 11.3 Å². The van der Waals surface area contributed by atoms with E-state index >= 15 is 0 Å². The van der Waals surface area contributed by atoms with Crippen LogP contribution < -0.4 is 5.32 Å². The molecule has 1 N–H and O–H groups in total. The molecule has 2 heterocycles. The standard InChI is InChI=1S/C19H14Cl3N3O2/c20-12-3-1-11(2-4-12)18-9-25-14(10-27-18)8-17(24-25)19(26)23-13-5-6-15(21)16(22)7-13/h1-8,18H,9-10H2,(H,23,26)/t18-/m1/s1. The van der Waals surface area contributed by atoms with E-state index in [2.05, 4.69) is 10.4 Å². The molecule has 138 valence electrons. The maximum absolute atomic E-state index is 12.5. The van der Waals surface area contributed by atoms with Gasteiger partial charge in [-0.3, -0.25) is 9.48 Å². The number of hydrogen-bond donors (Lipinski definition) is 1. The van der Waals surface area contributed by atoms with Gasteiger partial charge in [-0.15, -0.1) is 0 Å². The molecule has 4 rings (SSSR count). The fourth-order valence-corrected chi connectivity index (χ4v) is 3.31. The molecule has 27 heavy (non-hydrogen) atoms. The molecule has 1 amide bonds. The van der Waals surface area contributed by atoms with Gasteiger partial charge in [0.2, 0.25) is 0 Å². The molecule has 0 radical (unpaired) electrons. The molecule has 5 nitrogen and oxygen atoms in total. The summed E-state index contributed by atoms with van der Waals surface area (Å²) in [6.45, 7) is 0.900. The van der Waals surface area contributed by atoms with E-state index in [0.29, 0.717) is 39.6 Å². The van der Waals surface area contributed by atoms with Gasteiger partial charge in [0, 0.05) is 10.7 Å². The molecule has 2 aromatic carbocycles. The van der Waals surface area contributed by atoms with Crippen LogP contribution in [0.4, 0.5) is 5.69 Å². The first-order valence-electron chi connectivity index (χ1n) is 8.20. The molecule has 1 aliphatic rings. The van der Waals surface area contributed by atoms with Crippen molar-refractivity contribution in [3.8, 4) is 0 Å². The Hall–Kier alpha value is -2.05. The molecule has 0 fully saturated rings. The van der Waals surface area contributed by atoms with Crippen molar-refractivity contribution in [1.29, 1.82) is 0 Å². The van der Waals surface area contributed by atoms with E-state index in [-0.39, 0.29) is 12.0 Å². The Kier molecular flexibility index (Phi) is 5.10. The van der Waals surface area contributed by atoms with Crippen LogP contribution in [0, 0.1) is 0 Å². The van der Waals surface area contributed by atoms with Gasteiger partial charge in [0.25, 0.3) is 5.91 Å². The van der Waals surface area contributed by atoms with Crippen LogP contribution in [-0.2, 0) is 17.9 Å². The Morgan fingerprint density at radius 3 is 2.59 bits per heavy atom. The number of benzene rings is 2. The number of anilines is 1. The lowest BCUT2D eigenvalue weighted by Crippen LogP contribution is -2.22. The average molecular weight is 423 g/mol. The highest BCUT2D eigenvalue weighted by atomic mass is 35.5. The van der Waals surface area contributed by atoms with Gasteiger partial charge in [-0.25, -0.2) is 0 Å². The zero-order valence-corrected chi connectivity index (χ0v) is 16.2. The molecule has 3 aromatic rings. The lowest BCUT2D eigenvalue weighted by Gasteiger charge is -2.24. The summed E-state index contributed by atoms with van der Waals surface area (Å²) >= 11 is 17.8. The summed E-state index contributed by atoms with van der Waals surface area (Å²) in [7, 11) is 0. The molecule has 1 aromatic heterocycles. The summed E-state index contributed by atoms with van der Waals surface area (Å²) in [5, 5.41) is 8.67. The predicted octanol–water partition coefficient (Wildman–Crippen LogP) is 5.37. The minimum atomic E-state index is -0.321. The normalized spacial score (nSPS) is 16.0. The summed E-state index contributed by atoms with van der Waals surface area (Å²) < 4.78 is 7.70. The van der Waals surface area contributed by atoms with Gasteiger partial charge in [-0.1, -0.05) is 46.9 Å². The smallest absolute Gasteiger partial charge is 0.276 e. The van der Waals surface area contributed by atoms with Crippen molar-refractivity contribution in [2.24, 2.45) is 0 Å². The second kappa shape index (κ2) is 7.52. The number of carbonyl (C=O) groups is 1. The van der Waals surface area contributed by atoms with Gasteiger partial charge in [0.05, 0.1) is 28.9 Å². The number of amides is 1. The van der Waals surface area contributed by atoms with Crippen molar-refractivity contribution in [1.82, 2.24) is 9.78 Å². The second-order valence-electron chi connectivity index (χ2n) is 6.14. The van der Waals surface area contributed by atoms with Crippen molar-refractivity contribution in [2.45, 2.75) is 19.3 Å². The van der Waals surface area contributed by atoms with Gasteiger partial charge in [0.15, 0.2) is 5.69 Å². The van der Waals surface area contributed by atoms with Crippen LogP contribution in [0.5, 0.6) is 0 Å². The summed E-state index contributed by atoms with van der Waals surface area (Å²) in [6, 6.07) is 14.1. The third-order valence-electron chi connectivity index (χ3n) is 4.29. The number of carbonyl (C=O) groups excluding carboxylic acids is 1. The SMILES string of the molecule is O=C(Nc1ccc(Cl)c(Cl)c1)c1cc2n(n1)C[C@H](c1ccc(Cl)cc1)OC2. The summed E-state index contributed by atoms with van der Waals surface area (Å²) in [5.74, 6) is -0.321. The highest BCUT2D eigenvalue weighted by molar-refractivity contribution is 6.42. The highest BCUT2D eigenvalue weighted by Crippen LogP contribution is 2.28. The molecule has 0 spiro atoms. The Morgan fingerprint density at radius 2 is 1.85 bits per heavy atom. The lowest BCUT2D eigenvalue weighted by molar-refractivity contribution is -0.00118. The number of fused-ring (bicyclic) bond motifs is 1. The Morgan fingerprint density at radius 1 is 1.07 bits per heavy atom. The van der Waals surface area contributed by atoms with Crippen LogP contribution in [0.1, 0.15) is 27.8 Å². The van der Waals surface area contributed by atoms with Crippen molar-refractivity contribution in [2.75, 3.05) is 5.32 Å². The molecule has 0 saturated carbocycles. The summed E-state index contributed by atoms with van der Waals surface area (Å²) in [4.78, 5) is 12.5. The topological polar surface area (TPSA) is 56.2 Å². The monoisotopic (exact) mass is 421 g/mol. The van der Waals surface area contributed by atoms with E-state index in [1.807, 2.05) is 24.3 Å². The largest absolute Gasteiger partial charge is 0.365 e. The minimum absolute atomic E-state index is 0.138. The van der Waals surface area contributed by atoms with Gasteiger partial charge < -0.3 is 10.1 Å². The number of aromatic nitrogens is 2. The van der Waals surface area contributed by atoms with Crippen molar-refractivity contribution < 1.29 is 9.53 Å². The van der Waals surface area contributed by atoms with Gasteiger partial charge in [-0.05, 0) is 42.0 Å². The van der Waals surface area contributed by atoms with E-state index < -0.39 is 0 Å². The van der Waals surface area contributed by atoms with E-state index in [1.165, 1.54) is 0 Å². The molecule has 1 aliphatic heterocycles. The third-order valence-corrected chi connectivity index (χ3v) is 5.28. The van der Waals surface area contributed by atoms with Crippen LogP contribution in [0.3, 0.4) is 0 Å². The van der Waals surface area contributed by atoms with Crippen LogP contribution >= 0.6 is 34.8 Å². The zero-order valence-electron chi connectivity index (χ0n) is 14.0. The molecule has 0 unspecified atom stereocenters. The van der Waals surface area contributed by atoms with Crippen LogP contribution in [0.15, 0.2) is 48.5 Å². The van der Waals surface area contributed by atoms with Crippen molar-refractivity contribution in [3.63, 3.8) is 0 Å². The fourth-order valence-electron chi connectivity index (χ4n) is 2.88. The number of nitrogens with one attached hydrogen (secondary N) is 1. The number of ether oxygens (including phenoxy) is 1. The first kappa shape index (κ1) is 18.3. The van der Waals surface area contributed by atoms with Gasteiger partial charge in [0.1, 0.15) is 6.10 Å². The molecular weight excluding hydrogens is 409 g/mol. The fraction of sp³-hybridized carbons (Fsp3) is 0.158. The van der Waals surface area contributed by atoms with E-state index in [1.54, 1.807) is 28.9 Å². The van der Waals surface area contributed by atoms with E-state index in [9.17, 15) is 4.79 Å².